The fourth-order valence-corrected chi connectivity index (χ4v) is 0.874. The summed E-state index contributed by atoms with van der Waals surface area (Å²) < 4.78 is 0. The fourth-order valence-electron chi connectivity index (χ4n) is 0.699. The maximum Gasteiger partial charge on any atom is 0.0788 e. The summed E-state index contributed by atoms with van der Waals surface area (Å²) in [5.41, 5.74) is 2.72. The zero-order valence-electron chi connectivity index (χ0n) is 6.27. The smallest absolute Gasteiger partial charge is 0.0788 e. The Hall–Kier alpha value is -0.630. The first-order valence-corrected chi connectivity index (χ1v) is 3.46. The van der Waals surface area contributed by atoms with Gasteiger partial charge in [0.05, 0.1) is 16.4 Å². The molecular formula is C7H9ClN2. The van der Waals surface area contributed by atoms with Gasteiger partial charge in [0, 0.05) is 0 Å². The quantitative estimate of drug-likeness (QED) is 0.575. The first kappa shape index (κ1) is 7.48. The van der Waals surface area contributed by atoms with E-state index in [2.05, 4.69) is 10.2 Å². The summed E-state index contributed by atoms with van der Waals surface area (Å²) in [7, 11) is 0. The molecule has 0 saturated carbocycles. The van der Waals surface area contributed by atoms with Gasteiger partial charge < -0.3 is 0 Å². The van der Waals surface area contributed by atoms with Gasteiger partial charge in [0.2, 0.25) is 0 Å². The van der Waals surface area contributed by atoms with Gasteiger partial charge in [-0.05, 0) is 26.3 Å². The average Bonchev–Trinajstić information content (AvgIpc) is 1.93. The Morgan fingerprint density at radius 3 is 2.00 bits per heavy atom. The highest BCUT2D eigenvalue weighted by molar-refractivity contribution is 6.31. The molecule has 0 radical (unpaired) electrons. The van der Waals surface area contributed by atoms with Crippen molar-refractivity contribution in [3.63, 3.8) is 0 Å². The van der Waals surface area contributed by atoms with Gasteiger partial charge in [-0.3, -0.25) is 0 Å². The van der Waals surface area contributed by atoms with Gasteiger partial charge in [-0.15, -0.1) is 0 Å². The normalized spacial score (nSPS) is 10.0. The van der Waals surface area contributed by atoms with Gasteiger partial charge in [0.1, 0.15) is 0 Å². The van der Waals surface area contributed by atoms with Crippen molar-refractivity contribution in [3.05, 3.63) is 22.0 Å². The number of halogens is 1. The number of rotatable bonds is 0. The third-order valence-electron chi connectivity index (χ3n) is 1.54. The lowest BCUT2D eigenvalue weighted by molar-refractivity contribution is 0.924. The minimum atomic E-state index is 0.729. The first-order chi connectivity index (χ1) is 4.63. The van der Waals surface area contributed by atoms with Crippen molar-refractivity contribution in [3.8, 4) is 0 Å². The number of aromatic nitrogens is 2. The van der Waals surface area contributed by atoms with Crippen LogP contribution in [-0.4, -0.2) is 10.2 Å². The summed E-state index contributed by atoms with van der Waals surface area (Å²) in [6.07, 6.45) is 0. The van der Waals surface area contributed by atoms with Gasteiger partial charge in [0.15, 0.2) is 0 Å². The molecule has 0 atom stereocenters. The van der Waals surface area contributed by atoms with Crippen LogP contribution in [0.1, 0.15) is 17.0 Å². The Labute approximate surface area is 65.2 Å². The maximum atomic E-state index is 5.88. The summed E-state index contributed by atoms with van der Waals surface area (Å²) in [5, 5.41) is 8.49. The highest BCUT2D eigenvalue weighted by Crippen LogP contribution is 2.18. The second-order valence-electron chi connectivity index (χ2n) is 2.31. The summed E-state index contributed by atoms with van der Waals surface area (Å²) >= 11 is 5.88. The zero-order chi connectivity index (χ0) is 7.72. The zero-order valence-corrected chi connectivity index (χ0v) is 7.03. The van der Waals surface area contributed by atoms with Crippen LogP contribution in [0.2, 0.25) is 5.02 Å². The van der Waals surface area contributed by atoms with Crippen LogP contribution in [0.25, 0.3) is 0 Å². The van der Waals surface area contributed by atoms with Crippen LogP contribution < -0.4 is 0 Å². The maximum absolute atomic E-state index is 5.88. The second kappa shape index (κ2) is 2.54. The van der Waals surface area contributed by atoms with E-state index in [0.717, 1.165) is 22.0 Å². The van der Waals surface area contributed by atoms with Crippen molar-refractivity contribution in [1.29, 1.82) is 0 Å². The Morgan fingerprint density at radius 1 is 1.00 bits per heavy atom. The molecule has 0 aliphatic carbocycles. The molecule has 1 heterocycles. The molecule has 0 saturated heterocycles. The minimum absolute atomic E-state index is 0.729. The van der Waals surface area contributed by atoms with Crippen molar-refractivity contribution in [1.82, 2.24) is 10.2 Å². The number of nitrogens with zero attached hydrogens (tertiary/aromatic N) is 2. The van der Waals surface area contributed by atoms with Crippen molar-refractivity contribution in [2.24, 2.45) is 0 Å². The van der Waals surface area contributed by atoms with E-state index in [1.807, 2.05) is 20.8 Å². The molecule has 2 nitrogen and oxygen atoms in total. The summed E-state index contributed by atoms with van der Waals surface area (Å²) in [4.78, 5) is 0. The molecule has 0 bridgehead atoms. The summed E-state index contributed by atoms with van der Waals surface area (Å²) in [6, 6.07) is 0. The van der Waals surface area contributed by atoms with E-state index in [1.165, 1.54) is 0 Å². The molecule has 0 aliphatic rings. The average molecular weight is 157 g/mol. The molecule has 1 aromatic rings. The van der Waals surface area contributed by atoms with E-state index in [9.17, 15) is 0 Å². The molecule has 0 fully saturated rings. The molecule has 10 heavy (non-hydrogen) atoms. The van der Waals surface area contributed by atoms with E-state index in [0.29, 0.717) is 0 Å². The van der Waals surface area contributed by atoms with Crippen LogP contribution in [0.3, 0.4) is 0 Å². The van der Waals surface area contributed by atoms with Crippen molar-refractivity contribution < 1.29 is 0 Å². The van der Waals surface area contributed by atoms with E-state index in [1.54, 1.807) is 0 Å². The third kappa shape index (κ3) is 1.12. The summed E-state index contributed by atoms with van der Waals surface area (Å²) in [6.45, 7) is 5.69. The van der Waals surface area contributed by atoms with Crippen molar-refractivity contribution in [2.45, 2.75) is 20.8 Å². The molecular weight excluding hydrogens is 148 g/mol. The van der Waals surface area contributed by atoms with E-state index in [-0.39, 0.29) is 0 Å². The van der Waals surface area contributed by atoms with E-state index < -0.39 is 0 Å². The first-order valence-electron chi connectivity index (χ1n) is 3.09. The number of hydrogen-bond acceptors (Lipinski definition) is 2. The molecule has 0 N–H and O–H groups in total. The molecule has 1 rings (SSSR count). The predicted octanol–water partition coefficient (Wildman–Crippen LogP) is 2.06. The molecule has 3 heteroatoms. The van der Waals surface area contributed by atoms with Crippen LogP contribution in [0, 0.1) is 20.8 Å². The Bertz CT molecular complexity index is 231. The number of aryl methyl sites for hydroxylation is 2. The van der Waals surface area contributed by atoms with Gasteiger partial charge >= 0.3 is 0 Å². The van der Waals surface area contributed by atoms with Gasteiger partial charge in [-0.2, -0.15) is 10.2 Å². The lowest BCUT2D eigenvalue weighted by Gasteiger charge is -2.01. The fraction of sp³-hybridized carbons (Fsp3) is 0.429. The van der Waals surface area contributed by atoms with Gasteiger partial charge in [-0.1, -0.05) is 11.6 Å². The molecule has 0 unspecified atom stereocenters. The standard InChI is InChI=1S/C7H9ClN2/c1-4-5(2)9-10-6(3)7(4)8/h1-3H3. The monoisotopic (exact) mass is 156 g/mol. The van der Waals surface area contributed by atoms with Crippen LogP contribution in [0.4, 0.5) is 0 Å². The predicted molar refractivity (Wildman–Crippen MR) is 41.3 cm³/mol. The molecule has 1 aromatic heterocycles. The highest BCUT2D eigenvalue weighted by atomic mass is 35.5. The van der Waals surface area contributed by atoms with E-state index in [4.69, 9.17) is 11.6 Å². The van der Waals surface area contributed by atoms with Crippen molar-refractivity contribution >= 4 is 11.6 Å². The minimum Gasteiger partial charge on any atom is -0.155 e. The SMILES string of the molecule is Cc1nnc(C)c(Cl)c1C. The van der Waals surface area contributed by atoms with Crippen LogP contribution in [-0.2, 0) is 0 Å². The lowest BCUT2D eigenvalue weighted by atomic mass is 10.2. The van der Waals surface area contributed by atoms with Crippen molar-refractivity contribution in [2.75, 3.05) is 0 Å². The van der Waals surface area contributed by atoms with Crippen LogP contribution in [0.15, 0.2) is 0 Å². The summed E-state index contributed by atoms with van der Waals surface area (Å²) in [5.74, 6) is 0. The lowest BCUT2D eigenvalue weighted by Crippen LogP contribution is -1.94. The Morgan fingerprint density at radius 2 is 1.50 bits per heavy atom. The molecule has 0 aliphatic heterocycles. The Kier molecular flexibility index (Phi) is 1.90. The highest BCUT2D eigenvalue weighted by Gasteiger charge is 2.02. The van der Waals surface area contributed by atoms with Gasteiger partial charge in [-0.25, -0.2) is 0 Å². The Balaban J connectivity index is 3.34. The topological polar surface area (TPSA) is 25.8 Å². The molecule has 54 valence electrons. The van der Waals surface area contributed by atoms with Crippen LogP contribution in [0.5, 0.6) is 0 Å². The molecule has 0 amide bonds. The third-order valence-corrected chi connectivity index (χ3v) is 2.10. The molecule has 0 aromatic carbocycles. The van der Waals surface area contributed by atoms with E-state index >= 15 is 0 Å². The largest absolute Gasteiger partial charge is 0.155 e. The van der Waals surface area contributed by atoms with Crippen LogP contribution >= 0.6 is 11.6 Å². The second-order valence-corrected chi connectivity index (χ2v) is 2.69. The van der Waals surface area contributed by atoms with Gasteiger partial charge in [0.25, 0.3) is 0 Å². The number of hydrogen-bond donors (Lipinski definition) is 0. The molecule has 0 spiro atoms.